The van der Waals surface area contributed by atoms with Gasteiger partial charge in [-0.1, -0.05) is 31.8 Å². The fourth-order valence-corrected chi connectivity index (χ4v) is 1.71. The van der Waals surface area contributed by atoms with E-state index in [4.69, 9.17) is 15.3 Å². The monoisotopic (exact) mass is 230 g/mol. The SMILES string of the molecule is C=CCCCCCCCC(CO)(CO)CO. The number of hydrogen-bond acceptors (Lipinski definition) is 3. The van der Waals surface area contributed by atoms with Crippen LogP contribution < -0.4 is 0 Å². The van der Waals surface area contributed by atoms with Crippen molar-refractivity contribution >= 4 is 0 Å². The lowest BCUT2D eigenvalue weighted by Crippen LogP contribution is -2.33. The van der Waals surface area contributed by atoms with Gasteiger partial charge in [0.15, 0.2) is 0 Å². The van der Waals surface area contributed by atoms with Crippen molar-refractivity contribution in [2.24, 2.45) is 5.41 Å². The molecule has 0 aliphatic carbocycles. The molecule has 0 spiro atoms. The summed E-state index contributed by atoms with van der Waals surface area (Å²) in [7, 11) is 0. The zero-order valence-corrected chi connectivity index (χ0v) is 10.2. The smallest absolute Gasteiger partial charge is 0.0531 e. The number of rotatable bonds is 11. The first-order valence-corrected chi connectivity index (χ1v) is 6.18. The Balaban J connectivity index is 3.51. The number of hydrogen-bond donors (Lipinski definition) is 3. The molecule has 0 heterocycles. The molecule has 96 valence electrons. The van der Waals surface area contributed by atoms with Crippen LogP contribution >= 0.6 is 0 Å². The van der Waals surface area contributed by atoms with Crippen LogP contribution in [0.2, 0.25) is 0 Å². The van der Waals surface area contributed by atoms with Crippen LogP contribution in [0.5, 0.6) is 0 Å². The van der Waals surface area contributed by atoms with Crippen molar-refractivity contribution in [3.8, 4) is 0 Å². The Kier molecular flexibility index (Phi) is 9.59. The van der Waals surface area contributed by atoms with Gasteiger partial charge in [0.2, 0.25) is 0 Å². The second-order valence-electron chi connectivity index (χ2n) is 4.57. The first kappa shape index (κ1) is 15.6. The summed E-state index contributed by atoms with van der Waals surface area (Å²) in [5.41, 5.74) is -0.679. The van der Waals surface area contributed by atoms with Gasteiger partial charge in [-0.2, -0.15) is 0 Å². The van der Waals surface area contributed by atoms with Crippen molar-refractivity contribution in [2.45, 2.75) is 44.9 Å². The molecular weight excluding hydrogens is 204 g/mol. The van der Waals surface area contributed by atoms with Gasteiger partial charge in [-0.15, -0.1) is 6.58 Å². The van der Waals surface area contributed by atoms with Crippen molar-refractivity contribution in [1.82, 2.24) is 0 Å². The van der Waals surface area contributed by atoms with Gasteiger partial charge in [-0.3, -0.25) is 0 Å². The van der Waals surface area contributed by atoms with E-state index in [1.807, 2.05) is 6.08 Å². The van der Waals surface area contributed by atoms with Crippen LogP contribution in [0.3, 0.4) is 0 Å². The van der Waals surface area contributed by atoms with Crippen LogP contribution in [-0.4, -0.2) is 35.1 Å². The van der Waals surface area contributed by atoms with Gasteiger partial charge in [-0.05, 0) is 19.3 Å². The normalized spacial score (nSPS) is 11.7. The zero-order valence-electron chi connectivity index (χ0n) is 10.2. The molecule has 0 aromatic heterocycles. The predicted octanol–water partition coefficient (Wildman–Crippen LogP) is 1.87. The minimum Gasteiger partial charge on any atom is -0.396 e. The van der Waals surface area contributed by atoms with Gasteiger partial charge in [0.05, 0.1) is 19.8 Å². The van der Waals surface area contributed by atoms with Crippen molar-refractivity contribution in [2.75, 3.05) is 19.8 Å². The lowest BCUT2D eigenvalue weighted by molar-refractivity contribution is -0.00229. The molecule has 3 nitrogen and oxygen atoms in total. The minimum atomic E-state index is -0.679. The average Bonchev–Trinajstić information content (AvgIpc) is 2.34. The summed E-state index contributed by atoms with van der Waals surface area (Å²) in [6.07, 6.45) is 9.33. The molecule has 0 rings (SSSR count). The Morgan fingerprint density at radius 3 is 1.81 bits per heavy atom. The summed E-state index contributed by atoms with van der Waals surface area (Å²) in [5, 5.41) is 27.4. The third-order valence-electron chi connectivity index (χ3n) is 3.12. The largest absolute Gasteiger partial charge is 0.396 e. The van der Waals surface area contributed by atoms with E-state index in [1.165, 1.54) is 19.3 Å². The molecule has 0 bridgehead atoms. The van der Waals surface area contributed by atoms with Crippen molar-refractivity contribution in [3.05, 3.63) is 12.7 Å². The van der Waals surface area contributed by atoms with Gasteiger partial charge in [0.1, 0.15) is 0 Å². The van der Waals surface area contributed by atoms with Gasteiger partial charge >= 0.3 is 0 Å². The highest BCUT2D eigenvalue weighted by molar-refractivity contribution is 4.76. The third-order valence-corrected chi connectivity index (χ3v) is 3.12. The van der Waals surface area contributed by atoms with E-state index in [0.29, 0.717) is 6.42 Å². The summed E-state index contributed by atoms with van der Waals surface area (Å²) < 4.78 is 0. The van der Waals surface area contributed by atoms with Crippen LogP contribution in [0, 0.1) is 5.41 Å². The predicted molar refractivity (Wildman–Crippen MR) is 66.2 cm³/mol. The molecule has 0 aliphatic heterocycles. The maximum absolute atomic E-state index is 9.12. The Bertz CT molecular complexity index is 156. The summed E-state index contributed by atoms with van der Waals surface area (Å²) in [5.74, 6) is 0. The van der Waals surface area contributed by atoms with Crippen molar-refractivity contribution in [1.29, 1.82) is 0 Å². The molecule has 0 atom stereocenters. The molecule has 0 saturated carbocycles. The molecule has 0 radical (unpaired) electrons. The lowest BCUT2D eigenvalue weighted by atomic mass is 9.85. The summed E-state index contributed by atoms with van der Waals surface area (Å²) in [6, 6.07) is 0. The van der Waals surface area contributed by atoms with Crippen molar-refractivity contribution in [3.63, 3.8) is 0 Å². The van der Waals surface area contributed by atoms with Crippen LogP contribution in [0.15, 0.2) is 12.7 Å². The van der Waals surface area contributed by atoms with Crippen LogP contribution in [-0.2, 0) is 0 Å². The molecule has 16 heavy (non-hydrogen) atoms. The van der Waals surface area contributed by atoms with E-state index >= 15 is 0 Å². The molecule has 0 unspecified atom stereocenters. The Morgan fingerprint density at radius 1 is 0.812 bits per heavy atom. The van der Waals surface area contributed by atoms with Gasteiger partial charge < -0.3 is 15.3 Å². The van der Waals surface area contributed by atoms with Gasteiger partial charge in [-0.25, -0.2) is 0 Å². The molecule has 0 aliphatic rings. The van der Waals surface area contributed by atoms with E-state index in [-0.39, 0.29) is 19.8 Å². The van der Waals surface area contributed by atoms with Gasteiger partial charge in [0, 0.05) is 5.41 Å². The second kappa shape index (κ2) is 9.82. The standard InChI is InChI=1S/C13H26O3/c1-2-3-4-5-6-7-8-9-13(10-14,11-15)12-16/h2,14-16H,1,3-12H2. The highest BCUT2D eigenvalue weighted by Crippen LogP contribution is 2.23. The molecule has 0 aromatic carbocycles. The Hall–Kier alpha value is -0.380. The Labute approximate surface area is 98.8 Å². The second-order valence-corrected chi connectivity index (χ2v) is 4.57. The number of aliphatic hydroxyl groups is 3. The highest BCUT2D eigenvalue weighted by Gasteiger charge is 2.26. The van der Waals surface area contributed by atoms with E-state index in [2.05, 4.69) is 6.58 Å². The molecule has 3 heteroatoms. The maximum atomic E-state index is 9.12. The Morgan fingerprint density at radius 2 is 1.31 bits per heavy atom. The zero-order chi connectivity index (χ0) is 12.3. The maximum Gasteiger partial charge on any atom is 0.0531 e. The molecule has 3 N–H and O–H groups in total. The molecule has 0 aromatic rings. The summed E-state index contributed by atoms with van der Waals surface area (Å²) in [4.78, 5) is 0. The highest BCUT2D eigenvalue weighted by atomic mass is 16.3. The lowest BCUT2D eigenvalue weighted by Gasteiger charge is -2.27. The average molecular weight is 230 g/mol. The van der Waals surface area contributed by atoms with E-state index in [0.717, 1.165) is 19.3 Å². The first-order chi connectivity index (χ1) is 7.74. The molecule has 0 fully saturated rings. The van der Waals surface area contributed by atoms with Crippen molar-refractivity contribution < 1.29 is 15.3 Å². The van der Waals surface area contributed by atoms with Crippen LogP contribution in [0.1, 0.15) is 44.9 Å². The number of unbranched alkanes of at least 4 members (excludes halogenated alkanes) is 5. The molecule has 0 saturated heterocycles. The molecular formula is C13H26O3. The third kappa shape index (κ3) is 6.26. The quantitative estimate of drug-likeness (QED) is 0.375. The first-order valence-electron chi connectivity index (χ1n) is 6.18. The van der Waals surface area contributed by atoms with Gasteiger partial charge in [0.25, 0.3) is 0 Å². The minimum absolute atomic E-state index is 0.142. The van der Waals surface area contributed by atoms with E-state index in [1.54, 1.807) is 0 Å². The summed E-state index contributed by atoms with van der Waals surface area (Å²) >= 11 is 0. The van der Waals surface area contributed by atoms with E-state index in [9.17, 15) is 0 Å². The summed E-state index contributed by atoms with van der Waals surface area (Å²) in [6.45, 7) is 3.25. The molecule has 0 amide bonds. The van der Waals surface area contributed by atoms with Crippen LogP contribution in [0.25, 0.3) is 0 Å². The number of allylic oxidation sites excluding steroid dienone is 1. The fourth-order valence-electron chi connectivity index (χ4n) is 1.71. The number of aliphatic hydroxyl groups excluding tert-OH is 3. The fraction of sp³-hybridized carbons (Fsp3) is 0.846. The topological polar surface area (TPSA) is 60.7 Å². The van der Waals surface area contributed by atoms with Crippen LogP contribution in [0.4, 0.5) is 0 Å². The van der Waals surface area contributed by atoms with E-state index < -0.39 is 5.41 Å².